The summed E-state index contributed by atoms with van der Waals surface area (Å²) < 4.78 is 8.96. The summed E-state index contributed by atoms with van der Waals surface area (Å²) in [4.78, 5) is 13.9. The maximum absolute atomic E-state index is 5.91. The van der Waals surface area contributed by atoms with E-state index in [0.29, 0.717) is 18.3 Å². The fourth-order valence-corrected chi connectivity index (χ4v) is 3.99. The fraction of sp³-hybridized carbons (Fsp3) is 0.0455. The van der Waals surface area contributed by atoms with Gasteiger partial charge in [-0.1, -0.05) is 28.1 Å². The third kappa shape index (κ3) is 2.76. The van der Waals surface area contributed by atoms with Gasteiger partial charge in [0.25, 0.3) is 0 Å². The lowest BCUT2D eigenvalue weighted by molar-refractivity contribution is 0.494. The number of nitrogens with zero attached hydrogens (tertiary/aromatic N) is 6. The standard InChI is InChI=1S/C22H13BrN6O/c23-14-7-8-18-15(10-14)20-21(26-17-6-2-1-5-16(17)25-20)29(18)12-19-27-28-22(30-19)13-4-3-9-24-11-13/h1-11H,12H2. The van der Waals surface area contributed by atoms with E-state index in [1.165, 1.54) is 0 Å². The second-order valence-electron chi connectivity index (χ2n) is 6.87. The molecule has 4 aromatic heterocycles. The summed E-state index contributed by atoms with van der Waals surface area (Å²) in [6, 6.07) is 17.7. The second kappa shape index (κ2) is 6.70. The minimum absolute atomic E-state index is 0.391. The van der Waals surface area contributed by atoms with Gasteiger partial charge in [-0.05, 0) is 42.5 Å². The predicted molar refractivity (Wildman–Crippen MR) is 117 cm³/mol. The molecule has 8 heteroatoms. The number of halogens is 1. The van der Waals surface area contributed by atoms with Gasteiger partial charge in [-0.3, -0.25) is 4.98 Å². The van der Waals surface area contributed by atoms with Crippen LogP contribution in [-0.2, 0) is 6.54 Å². The quantitative estimate of drug-likeness (QED) is 0.372. The van der Waals surface area contributed by atoms with E-state index in [-0.39, 0.29) is 0 Å². The van der Waals surface area contributed by atoms with E-state index >= 15 is 0 Å². The van der Waals surface area contributed by atoms with Gasteiger partial charge in [0, 0.05) is 22.3 Å². The van der Waals surface area contributed by atoms with Crippen LogP contribution in [0.5, 0.6) is 0 Å². The van der Waals surface area contributed by atoms with Gasteiger partial charge < -0.3 is 8.98 Å². The first kappa shape index (κ1) is 17.2. The van der Waals surface area contributed by atoms with Crippen molar-refractivity contribution < 1.29 is 4.42 Å². The number of hydrogen-bond acceptors (Lipinski definition) is 6. The summed E-state index contributed by atoms with van der Waals surface area (Å²) in [6.45, 7) is 0.391. The highest BCUT2D eigenvalue weighted by Crippen LogP contribution is 2.31. The Hall–Kier alpha value is -3.65. The van der Waals surface area contributed by atoms with Gasteiger partial charge >= 0.3 is 0 Å². The molecule has 0 aliphatic carbocycles. The van der Waals surface area contributed by atoms with Crippen molar-refractivity contribution in [3.8, 4) is 11.5 Å². The van der Waals surface area contributed by atoms with Crippen LogP contribution in [0.2, 0.25) is 0 Å². The Balaban J connectivity index is 1.54. The summed E-state index contributed by atoms with van der Waals surface area (Å²) in [6.07, 6.45) is 3.41. The topological polar surface area (TPSA) is 82.5 Å². The molecule has 0 bridgehead atoms. The van der Waals surface area contributed by atoms with E-state index in [0.717, 1.165) is 43.1 Å². The molecular formula is C22H13BrN6O. The van der Waals surface area contributed by atoms with Crippen molar-refractivity contribution in [1.29, 1.82) is 0 Å². The molecule has 0 fully saturated rings. The number of rotatable bonds is 3. The molecule has 0 amide bonds. The van der Waals surface area contributed by atoms with E-state index < -0.39 is 0 Å². The van der Waals surface area contributed by atoms with Crippen molar-refractivity contribution in [1.82, 2.24) is 29.7 Å². The molecule has 0 radical (unpaired) electrons. The van der Waals surface area contributed by atoms with Crippen LogP contribution >= 0.6 is 15.9 Å². The number of para-hydroxylation sites is 2. The third-order valence-corrected chi connectivity index (χ3v) is 5.47. The molecule has 0 aliphatic rings. The van der Waals surface area contributed by atoms with E-state index in [9.17, 15) is 0 Å². The molecular weight excluding hydrogens is 444 g/mol. The minimum atomic E-state index is 0.391. The number of aromatic nitrogens is 6. The molecule has 0 N–H and O–H groups in total. The average molecular weight is 457 g/mol. The van der Waals surface area contributed by atoms with Gasteiger partial charge in [0.2, 0.25) is 11.8 Å². The van der Waals surface area contributed by atoms with Crippen molar-refractivity contribution in [3.63, 3.8) is 0 Å². The first-order valence-electron chi connectivity index (χ1n) is 9.33. The molecule has 0 aliphatic heterocycles. The zero-order chi connectivity index (χ0) is 20.1. The van der Waals surface area contributed by atoms with Crippen LogP contribution in [0.15, 0.2) is 75.9 Å². The van der Waals surface area contributed by atoms with Crippen LogP contribution < -0.4 is 0 Å². The predicted octanol–water partition coefficient (Wildman–Crippen LogP) is 4.99. The van der Waals surface area contributed by atoms with Crippen molar-refractivity contribution in [3.05, 3.63) is 77.4 Å². The molecule has 7 nitrogen and oxygen atoms in total. The van der Waals surface area contributed by atoms with Gasteiger partial charge in [0.1, 0.15) is 12.1 Å². The Labute approximate surface area is 178 Å². The first-order chi connectivity index (χ1) is 14.8. The minimum Gasteiger partial charge on any atom is -0.419 e. The van der Waals surface area contributed by atoms with Crippen molar-refractivity contribution in [2.24, 2.45) is 0 Å². The largest absolute Gasteiger partial charge is 0.419 e. The zero-order valence-corrected chi connectivity index (χ0v) is 17.1. The summed E-state index contributed by atoms with van der Waals surface area (Å²) >= 11 is 3.57. The van der Waals surface area contributed by atoms with E-state index in [1.54, 1.807) is 12.4 Å². The lowest BCUT2D eigenvalue weighted by Gasteiger charge is -2.04. The Bertz CT molecular complexity index is 1540. The van der Waals surface area contributed by atoms with Crippen LogP contribution in [0.25, 0.3) is 44.6 Å². The number of pyridine rings is 1. The summed E-state index contributed by atoms with van der Waals surface area (Å²) in [5, 5.41) is 9.43. The van der Waals surface area contributed by atoms with E-state index in [2.05, 4.69) is 41.7 Å². The van der Waals surface area contributed by atoms with Crippen LogP contribution in [0.4, 0.5) is 0 Å². The lowest BCUT2D eigenvalue weighted by atomic mass is 10.2. The summed E-state index contributed by atoms with van der Waals surface area (Å²) in [7, 11) is 0. The molecule has 30 heavy (non-hydrogen) atoms. The van der Waals surface area contributed by atoms with Crippen molar-refractivity contribution in [2.45, 2.75) is 6.54 Å². The Morgan fingerprint density at radius 3 is 2.63 bits per heavy atom. The molecule has 0 saturated carbocycles. The summed E-state index contributed by atoms with van der Waals surface area (Å²) in [5.41, 5.74) is 5.12. The molecule has 144 valence electrons. The molecule has 4 heterocycles. The zero-order valence-electron chi connectivity index (χ0n) is 15.5. The average Bonchev–Trinajstić information content (AvgIpc) is 3.36. The molecule has 0 spiro atoms. The maximum atomic E-state index is 5.91. The number of benzene rings is 2. The van der Waals surface area contributed by atoms with Crippen LogP contribution in [-0.4, -0.2) is 29.7 Å². The van der Waals surface area contributed by atoms with Crippen LogP contribution in [0.3, 0.4) is 0 Å². The van der Waals surface area contributed by atoms with E-state index in [1.807, 2.05) is 48.5 Å². The molecule has 0 atom stereocenters. The highest BCUT2D eigenvalue weighted by atomic mass is 79.9. The van der Waals surface area contributed by atoms with Gasteiger partial charge in [-0.2, -0.15) is 0 Å². The highest BCUT2D eigenvalue weighted by molar-refractivity contribution is 9.10. The molecule has 6 aromatic rings. The highest BCUT2D eigenvalue weighted by Gasteiger charge is 2.17. The van der Waals surface area contributed by atoms with E-state index in [4.69, 9.17) is 14.4 Å². The van der Waals surface area contributed by atoms with Gasteiger partial charge in [0.15, 0.2) is 5.65 Å². The smallest absolute Gasteiger partial charge is 0.249 e. The van der Waals surface area contributed by atoms with Gasteiger partial charge in [-0.25, -0.2) is 9.97 Å². The van der Waals surface area contributed by atoms with Crippen LogP contribution in [0.1, 0.15) is 5.89 Å². The number of fused-ring (bicyclic) bond motifs is 4. The Kier molecular flexibility index (Phi) is 3.85. The third-order valence-electron chi connectivity index (χ3n) is 4.98. The summed E-state index contributed by atoms with van der Waals surface area (Å²) in [5.74, 6) is 0.934. The first-order valence-corrected chi connectivity index (χ1v) is 10.1. The SMILES string of the molecule is Brc1ccc2c(c1)c1nc3ccccc3nc1n2Cc1nnc(-c2cccnc2)o1. The van der Waals surface area contributed by atoms with Crippen LogP contribution in [0, 0.1) is 0 Å². The van der Waals surface area contributed by atoms with Crippen molar-refractivity contribution in [2.75, 3.05) is 0 Å². The monoisotopic (exact) mass is 456 g/mol. The number of hydrogen-bond donors (Lipinski definition) is 0. The van der Waals surface area contributed by atoms with Crippen molar-refractivity contribution >= 4 is 49.0 Å². The normalized spacial score (nSPS) is 11.6. The van der Waals surface area contributed by atoms with Gasteiger partial charge in [0.05, 0.1) is 22.1 Å². The Morgan fingerprint density at radius 1 is 0.933 bits per heavy atom. The fourth-order valence-electron chi connectivity index (χ4n) is 3.63. The molecule has 6 rings (SSSR count). The molecule has 0 unspecified atom stereocenters. The maximum Gasteiger partial charge on any atom is 0.249 e. The second-order valence-corrected chi connectivity index (χ2v) is 7.79. The Morgan fingerprint density at radius 2 is 1.80 bits per heavy atom. The lowest BCUT2D eigenvalue weighted by Crippen LogP contribution is -2.01. The molecule has 0 saturated heterocycles. The van der Waals surface area contributed by atoms with Gasteiger partial charge in [-0.15, -0.1) is 10.2 Å². The molecule has 2 aromatic carbocycles.